The van der Waals surface area contributed by atoms with Crippen molar-refractivity contribution in [2.24, 2.45) is 5.92 Å². The van der Waals surface area contributed by atoms with Gasteiger partial charge in [0.1, 0.15) is 5.75 Å². The minimum absolute atomic E-state index is 0.0904. The van der Waals surface area contributed by atoms with Crippen molar-refractivity contribution in [2.45, 2.75) is 6.42 Å². The fraction of sp³-hybridized carbons (Fsp3) is 0.533. The van der Waals surface area contributed by atoms with Gasteiger partial charge in [-0.15, -0.1) is 0 Å². The SMILES string of the molecule is COCC1CCN(CC(=O)c2ccc(OC)c(Cl)c2)C1. The normalized spacial score (nSPS) is 19.2. The van der Waals surface area contributed by atoms with Gasteiger partial charge < -0.3 is 9.47 Å². The summed E-state index contributed by atoms with van der Waals surface area (Å²) in [4.78, 5) is 14.4. The van der Waals surface area contributed by atoms with Gasteiger partial charge >= 0.3 is 0 Å². The zero-order valence-corrected chi connectivity index (χ0v) is 12.7. The summed E-state index contributed by atoms with van der Waals surface area (Å²) in [6, 6.07) is 5.16. The number of likely N-dealkylation sites (tertiary alicyclic amines) is 1. The number of benzene rings is 1. The van der Waals surface area contributed by atoms with Crippen LogP contribution in [-0.4, -0.2) is 51.1 Å². The predicted octanol–water partition coefficient (Wildman–Crippen LogP) is 2.50. The molecule has 0 radical (unpaired) electrons. The summed E-state index contributed by atoms with van der Waals surface area (Å²) in [5, 5.41) is 0.469. The van der Waals surface area contributed by atoms with Crippen LogP contribution in [0.25, 0.3) is 0 Å². The molecule has 2 rings (SSSR count). The van der Waals surface area contributed by atoms with Gasteiger partial charge in [0.2, 0.25) is 0 Å². The van der Waals surface area contributed by atoms with Gasteiger partial charge in [-0.1, -0.05) is 11.6 Å². The molecule has 1 aliphatic heterocycles. The molecule has 0 saturated carbocycles. The number of methoxy groups -OCH3 is 2. The Labute approximate surface area is 124 Å². The highest BCUT2D eigenvalue weighted by Gasteiger charge is 2.24. The molecule has 1 aliphatic rings. The molecule has 1 heterocycles. The molecule has 110 valence electrons. The Kier molecular flexibility index (Phi) is 5.40. The average Bonchev–Trinajstić information content (AvgIpc) is 2.86. The molecular weight excluding hydrogens is 278 g/mol. The largest absolute Gasteiger partial charge is 0.495 e. The van der Waals surface area contributed by atoms with Gasteiger partial charge in [0.15, 0.2) is 5.78 Å². The molecule has 1 aromatic rings. The monoisotopic (exact) mass is 297 g/mol. The molecule has 0 aliphatic carbocycles. The number of ketones is 1. The van der Waals surface area contributed by atoms with Crippen molar-refractivity contribution >= 4 is 17.4 Å². The fourth-order valence-corrected chi connectivity index (χ4v) is 2.82. The van der Waals surface area contributed by atoms with E-state index in [2.05, 4.69) is 4.90 Å². The lowest BCUT2D eigenvalue weighted by atomic mass is 10.1. The third-order valence-electron chi connectivity index (χ3n) is 3.61. The Hall–Kier alpha value is -1.10. The Morgan fingerprint density at radius 1 is 1.45 bits per heavy atom. The van der Waals surface area contributed by atoms with Gasteiger partial charge in [-0.2, -0.15) is 0 Å². The van der Waals surface area contributed by atoms with Crippen molar-refractivity contribution in [1.29, 1.82) is 0 Å². The molecule has 0 aromatic heterocycles. The van der Waals surface area contributed by atoms with Crippen molar-refractivity contribution in [2.75, 3.05) is 40.5 Å². The minimum atomic E-state index is 0.0904. The number of hydrogen-bond acceptors (Lipinski definition) is 4. The molecule has 1 atom stereocenters. The molecule has 0 N–H and O–H groups in total. The number of nitrogens with zero attached hydrogens (tertiary/aromatic N) is 1. The first-order valence-electron chi connectivity index (χ1n) is 6.72. The van der Waals surface area contributed by atoms with Crippen LogP contribution in [-0.2, 0) is 4.74 Å². The van der Waals surface area contributed by atoms with Crippen molar-refractivity contribution in [3.63, 3.8) is 0 Å². The van der Waals surface area contributed by atoms with E-state index in [-0.39, 0.29) is 5.78 Å². The molecule has 1 unspecified atom stereocenters. The topological polar surface area (TPSA) is 38.8 Å². The maximum atomic E-state index is 12.2. The van der Waals surface area contributed by atoms with Crippen LogP contribution in [0.5, 0.6) is 5.75 Å². The van der Waals surface area contributed by atoms with E-state index in [1.165, 1.54) is 0 Å². The molecular formula is C15H20ClNO3. The number of carbonyl (C=O) groups is 1. The van der Waals surface area contributed by atoms with Crippen LogP contribution in [0.2, 0.25) is 5.02 Å². The highest BCUT2D eigenvalue weighted by molar-refractivity contribution is 6.32. The van der Waals surface area contributed by atoms with Crippen molar-refractivity contribution in [1.82, 2.24) is 4.90 Å². The number of Topliss-reactive ketones (excluding diaryl/α,β-unsaturated/α-hetero) is 1. The maximum Gasteiger partial charge on any atom is 0.176 e. The maximum absolute atomic E-state index is 12.2. The number of ether oxygens (including phenoxy) is 2. The Bertz CT molecular complexity index is 478. The van der Waals surface area contributed by atoms with Gasteiger partial charge in [0.25, 0.3) is 0 Å². The summed E-state index contributed by atoms with van der Waals surface area (Å²) in [6.45, 7) is 3.06. The number of rotatable bonds is 6. The summed E-state index contributed by atoms with van der Waals surface area (Å²) < 4.78 is 10.2. The first-order chi connectivity index (χ1) is 9.63. The lowest BCUT2D eigenvalue weighted by Crippen LogP contribution is -2.28. The third kappa shape index (κ3) is 3.72. The second-order valence-corrected chi connectivity index (χ2v) is 5.52. The summed E-state index contributed by atoms with van der Waals surface area (Å²) in [7, 11) is 3.27. The fourth-order valence-electron chi connectivity index (χ4n) is 2.56. The van der Waals surface area contributed by atoms with E-state index >= 15 is 0 Å². The van der Waals surface area contributed by atoms with Crippen LogP contribution in [0.15, 0.2) is 18.2 Å². The molecule has 5 heteroatoms. The Morgan fingerprint density at radius 2 is 2.25 bits per heavy atom. The van der Waals surface area contributed by atoms with Crippen LogP contribution in [0.1, 0.15) is 16.8 Å². The molecule has 0 amide bonds. The highest BCUT2D eigenvalue weighted by atomic mass is 35.5. The zero-order chi connectivity index (χ0) is 14.5. The summed E-state index contributed by atoms with van der Waals surface area (Å²) in [6.07, 6.45) is 1.09. The van der Waals surface area contributed by atoms with Crippen molar-refractivity contribution < 1.29 is 14.3 Å². The third-order valence-corrected chi connectivity index (χ3v) is 3.91. The zero-order valence-electron chi connectivity index (χ0n) is 11.9. The Morgan fingerprint density at radius 3 is 2.90 bits per heavy atom. The predicted molar refractivity (Wildman–Crippen MR) is 78.8 cm³/mol. The molecule has 20 heavy (non-hydrogen) atoms. The van der Waals surface area contributed by atoms with E-state index in [0.717, 1.165) is 26.1 Å². The van der Waals surface area contributed by atoms with Crippen molar-refractivity contribution in [3.8, 4) is 5.75 Å². The first-order valence-corrected chi connectivity index (χ1v) is 7.10. The molecule has 4 nitrogen and oxygen atoms in total. The standard InChI is InChI=1S/C15H20ClNO3/c1-19-10-11-5-6-17(8-11)9-14(18)12-3-4-15(20-2)13(16)7-12/h3-4,7,11H,5-6,8-10H2,1-2H3. The first kappa shape index (κ1) is 15.3. The Balaban J connectivity index is 1.94. The lowest BCUT2D eigenvalue weighted by molar-refractivity contribution is 0.0937. The van der Waals surface area contributed by atoms with E-state index in [1.54, 1.807) is 32.4 Å². The van der Waals surface area contributed by atoms with Gasteiger partial charge in [-0.05, 0) is 37.1 Å². The van der Waals surface area contributed by atoms with E-state index < -0.39 is 0 Å². The lowest BCUT2D eigenvalue weighted by Gasteiger charge is -2.15. The van der Waals surface area contributed by atoms with Crippen LogP contribution in [0, 0.1) is 5.92 Å². The van der Waals surface area contributed by atoms with Gasteiger partial charge in [0, 0.05) is 19.2 Å². The highest BCUT2D eigenvalue weighted by Crippen LogP contribution is 2.25. The molecule has 1 aromatic carbocycles. The number of halogens is 1. The summed E-state index contributed by atoms with van der Waals surface area (Å²) in [5.41, 5.74) is 0.631. The second-order valence-electron chi connectivity index (χ2n) is 5.12. The van der Waals surface area contributed by atoms with E-state index in [0.29, 0.717) is 28.8 Å². The van der Waals surface area contributed by atoms with Gasteiger partial charge in [0.05, 0.1) is 25.3 Å². The second kappa shape index (κ2) is 7.07. The summed E-state index contributed by atoms with van der Waals surface area (Å²) >= 11 is 6.05. The molecule has 0 spiro atoms. The van der Waals surface area contributed by atoms with Gasteiger partial charge in [-0.25, -0.2) is 0 Å². The van der Waals surface area contributed by atoms with Crippen LogP contribution in [0.4, 0.5) is 0 Å². The van der Waals surface area contributed by atoms with E-state index in [1.807, 2.05) is 0 Å². The molecule has 1 saturated heterocycles. The van der Waals surface area contributed by atoms with Crippen molar-refractivity contribution in [3.05, 3.63) is 28.8 Å². The number of hydrogen-bond donors (Lipinski definition) is 0. The van der Waals surface area contributed by atoms with Gasteiger partial charge in [-0.3, -0.25) is 9.69 Å². The molecule has 1 fully saturated rings. The number of carbonyl (C=O) groups excluding carboxylic acids is 1. The van der Waals surface area contributed by atoms with E-state index in [9.17, 15) is 4.79 Å². The van der Waals surface area contributed by atoms with Crippen LogP contribution < -0.4 is 4.74 Å². The average molecular weight is 298 g/mol. The van der Waals surface area contributed by atoms with E-state index in [4.69, 9.17) is 21.1 Å². The van der Waals surface area contributed by atoms with Crippen LogP contribution in [0.3, 0.4) is 0 Å². The smallest absolute Gasteiger partial charge is 0.176 e. The summed E-state index contributed by atoms with van der Waals surface area (Å²) in [5.74, 6) is 1.21. The molecule has 0 bridgehead atoms. The minimum Gasteiger partial charge on any atom is -0.495 e. The quantitative estimate of drug-likeness (QED) is 0.756. The van der Waals surface area contributed by atoms with Crippen LogP contribution >= 0.6 is 11.6 Å².